The van der Waals surface area contributed by atoms with Crippen molar-refractivity contribution in [1.82, 2.24) is 0 Å². The number of hydrogen-bond donors (Lipinski definition) is 7. The Balaban J connectivity index is 0.000000202. The summed E-state index contributed by atoms with van der Waals surface area (Å²) in [4.78, 5) is 5.35. The van der Waals surface area contributed by atoms with E-state index < -0.39 is 0 Å². The molecule has 0 saturated heterocycles. The van der Waals surface area contributed by atoms with Crippen molar-refractivity contribution in [1.29, 1.82) is 0 Å². The van der Waals surface area contributed by atoms with E-state index in [4.69, 9.17) is 34.1 Å². The summed E-state index contributed by atoms with van der Waals surface area (Å²) in [7, 11) is 0. The van der Waals surface area contributed by atoms with Crippen LogP contribution < -0.4 is 44.3 Å². The van der Waals surface area contributed by atoms with Crippen LogP contribution in [0.1, 0.15) is 0 Å². The van der Waals surface area contributed by atoms with E-state index in [1.807, 2.05) is 48.5 Å². The molecular formula is C18H25N7OS. The maximum Gasteiger partial charge on any atom is 0.169 e. The summed E-state index contributed by atoms with van der Waals surface area (Å²) in [6.45, 7) is 0. The Hall–Kier alpha value is -3.11. The van der Waals surface area contributed by atoms with E-state index in [1.165, 1.54) is 11.9 Å². The molecule has 27 heavy (non-hydrogen) atoms. The lowest BCUT2D eigenvalue weighted by Gasteiger charge is -2.00. The number of benzene rings is 3. The number of rotatable bonds is 3. The van der Waals surface area contributed by atoms with Gasteiger partial charge in [0.2, 0.25) is 0 Å². The summed E-state index contributed by atoms with van der Waals surface area (Å²) in [6.07, 6.45) is 0. The van der Waals surface area contributed by atoms with E-state index in [9.17, 15) is 0 Å². The zero-order valence-electron chi connectivity index (χ0n) is 14.7. The summed E-state index contributed by atoms with van der Waals surface area (Å²) >= 11 is 1.17. The third-order valence-corrected chi connectivity index (χ3v) is 3.83. The molecule has 3 rings (SSSR count). The van der Waals surface area contributed by atoms with Crippen molar-refractivity contribution < 1.29 is 4.84 Å². The van der Waals surface area contributed by atoms with Crippen LogP contribution in [0.25, 0.3) is 0 Å². The molecule has 0 aliphatic carbocycles. The number of hydrazine groups is 1. The van der Waals surface area contributed by atoms with Gasteiger partial charge < -0.3 is 27.5 Å². The van der Waals surface area contributed by atoms with Crippen molar-refractivity contribution in [3.05, 3.63) is 72.8 Å². The van der Waals surface area contributed by atoms with Crippen molar-refractivity contribution in [2.75, 3.05) is 22.6 Å². The topological polar surface area (TPSA) is 177 Å². The quantitative estimate of drug-likeness (QED) is 0.154. The van der Waals surface area contributed by atoms with E-state index in [1.54, 1.807) is 24.3 Å². The third-order valence-electron chi connectivity index (χ3n) is 3.21. The predicted octanol–water partition coefficient (Wildman–Crippen LogP) is 2.31. The van der Waals surface area contributed by atoms with E-state index in [0.29, 0.717) is 17.1 Å². The van der Waals surface area contributed by atoms with Gasteiger partial charge >= 0.3 is 0 Å². The summed E-state index contributed by atoms with van der Waals surface area (Å²) in [5.74, 6) is 10.5. The molecule has 0 radical (unpaired) electrons. The molecule has 0 aromatic heterocycles. The first-order valence-electron chi connectivity index (χ1n) is 7.77. The van der Waals surface area contributed by atoms with Crippen LogP contribution in [0.3, 0.4) is 0 Å². The van der Waals surface area contributed by atoms with Crippen molar-refractivity contribution in [3.8, 4) is 5.75 Å². The van der Waals surface area contributed by atoms with Crippen molar-refractivity contribution in [3.63, 3.8) is 0 Å². The zero-order valence-corrected chi connectivity index (χ0v) is 15.5. The molecular weight excluding hydrogens is 362 g/mol. The molecule has 0 amide bonds. The van der Waals surface area contributed by atoms with E-state index in [-0.39, 0.29) is 0 Å². The molecule has 0 aliphatic heterocycles. The molecule has 0 fully saturated rings. The fourth-order valence-corrected chi connectivity index (χ4v) is 2.17. The Morgan fingerprint density at radius 2 is 1.22 bits per heavy atom. The SMILES string of the molecule is NNc1ccccc1N.NOc1ccccc1N.NSc1ccccc1N. The first-order valence-corrected chi connectivity index (χ1v) is 8.65. The molecule has 0 heterocycles. The molecule has 3 aromatic rings. The van der Waals surface area contributed by atoms with Gasteiger partial charge in [0.1, 0.15) is 0 Å². The van der Waals surface area contributed by atoms with Crippen molar-refractivity contribution in [2.45, 2.75) is 4.90 Å². The number of nitrogens with one attached hydrogen (secondary N) is 1. The molecule has 144 valence electrons. The number of nitrogens with two attached hydrogens (primary N) is 6. The van der Waals surface area contributed by atoms with Crippen LogP contribution in [0, 0.1) is 0 Å². The molecule has 9 heteroatoms. The minimum Gasteiger partial charge on any atom is -0.409 e. The summed E-state index contributed by atoms with van der Waals surface area (Å²) in [5.41, 5.74) is 21.6. The lowest BCUT2D eigenvalue weighted by atomic mass is 10.3. The van der Waals surface area contributed by atoms with E-state index in [0.717, 1.165) is 16.3 Å². The largest absolute Gasteiger partial charge is 0.409 e. The first kappa shape index (κ1) is 21.9. The fourth-order valence-electron chi connectivity index (χ4n) is 1.80. The molecule has 0 unspecified atom stereocenters. The Bertz CT molecular complexity index is 709. The molecule has 8 nitrogen and oxygen atoms in total. The van der Waals surface area contributed by atoms with Gasteiger partial charge in [-0.05, 0) is 48.3 Å². The second-order valence-corrected chi connectivity index (χ2v) is 5.72. The van der Waals surface area contributed by atoms with E-state index >= 15 is 0 Å². The van der Waals surface area contributed by atoms with Gasteiger partial charge in [0.15, 0.2) is 5.75 Å². The predicted molar refractivity (Wildman–Crippen MR) is 115 cm³/mol. The Kier molecular flexibility index (Phi) is 9.97. The Morgan fingerprint density at radius 1 is 0.704 bits per heavy atom. The summed E-state index contributed by atoms with van der Waals surface area (Å²) < 4.78 is 0. The average Bonchev–Trinajstić information content (AvgIpc) is 2.70. The van der Waals surface area contributed by atoms with Crippen molar-refractivity contribution >= 4 is 34.7 Å². The molecule has 3 aromatic carbocycles. The highest BCUT2D eigenvalue weighted by atomic mass is 32.2. The lowest BCUT2D eigenvalue weighted by molar-refractivity contribution is 0.336. The van der Waals surface area contributed by atoms with Crippen LogP contribution in [0.5, 0.6) is 5.75 Å². The molecule has 0 aliphatic rings. The minimum atomic E-state index is 0.512. The van der Waals surface area contributed by atoms with Gasteiger partial charge in [0.25, 0.3) is 0 Å². The molecule has 13 N–H and O–H groups in total. The van der Waals surface area contributed by atoms with Gasteiger partial charge in [-0.3, -0.25) is 11.0 Å². The highest BCUT2D eigenvalue weighted by molar-refractivity contribution is 7.97. The van der Waals surface area contributed by atoms with E-state index in [2.05, 4.69) is 10.3 Å². The highest BCUT2D eigenvalue weighted by Crippen LogP contribution is 2.18. The maximum atomic E-state index is 5.53. The van der Waals surface area contributed by atoms with Gasteiger partial charge in [-0.1, -0.05) is 36.4 Å². The number of para-hydroxylation sites is 5. The maximum absolute atomic E-state index is 5.53. The van der Waals surface area contributed by atoms with Gasteiger partial charge in [-0.25, -0.2) is 0 Å². The Morgan fingerprint density at radius 3 is 1.59 bits per heavy atom. The van der Waals surface area contributed by atoms with Crippen LogP contribution in [0.15, 0.2) is 77.7 Å². The third kappa shape index (κ3) is 7.75. The molecule has 0 bridgehead atoms. The second-order valence-electron chi connectivity index (χ2n) is 5.04. The van der Waals surface area contributed by atoms with Crippen LogP contribution >= 0.6 is 11.9 Å². The average molecular weight is 388 g/mol. The van der Waals surface area contributed by atoms with Gasteiger partial charge in [0.05, 0.1) is 17.1 Å². The standard InChI is InChI=1S/C6H9N3.C6H8N2O.C6H8N2S/c3*7-5-3-1-2-4-6(5)9-8/h1-4,9H,7-8H2;2*1-4H,7-8H2. The highest BCUT2D eigenvalue weighted by Gasteiger charge is 1.93. The summed E-state index contributed by atoms with van der Waals surface area (Å²) in [5, 5.41) is 5.29. The number of anilines is 4. The molecule has 0 saturated carbocycles. The summed E-state index contributed by atoms with van der Waals surface area (Å²) in [6, 6.07) is 21.9. The molecule has 0 atom stereocenters. The number of nitrogen functional groups attached to an aromatic ring is 4. The smallest absolute Gasteiger partial charge is 0.169 e. The fraction of sp³-hybridized carbons (Fsp3) is 0. The molecule has 0 spiro atoms. The second kappa shape index (κ2) is 12.3. The van der Waals surface area contributed by atoms with Gasteiger partial charge in [0, 0.05) is 10.6 Å². The lowest BCUT2D eigenvalue weighted by Crippen LogP contribution is -2.08. The normalized spacial score (nSPS) is 9.15. The first-order chi connectivity index (χ1) is 13.0. The minimum absolute atomic E-state index is 0.512. The van der Waals surface area contributed by atoms with Crippen LogP contribution in [-0.2, 0) is 0 Å². The number of hydrogen-bond acceptors (Lipinski definition) is 9. The van der Waals surface area contributed by atoms with Crippen LogP contribution in [-0.4, -0.2) is 0 Å². The van der Waals surface area contributed by atoms with Gasteiger partial charge in [-0.2, -0.15) is 5.90 Å². The zero-order chi connectivity index (χ0) is 20.1. The van der Waals surface area contributed by atoms with Gasteiger partial charge in [-0.15, -0.1) is 0 Å². The van der Waals surface area contributed by atoms with Crippen molar-refractivity contribution in [2.24, 2.45) is 16.9 Å². The van der Waals surface area contributed by atoms with Crippen LogP contribution in [0.4, 0.5) is 22.7 Å². The monoisotopic (exact) mass is 387 g/mol. The Labute approximate surface area is 162 Å². The van der Waals surface area contributed by atoms with Crippen LogP contribution in [0.2, 0.25) is 0 Å².